The van der Waals surface area contributed by atoms with Gasteiger partial charge in [0.1, 0.15) is 12.4 Å². The molecule has 9 nitrogen and oxygen atoms in total. The van der Waals surface area contributed by atoms with Crippen LogP contribution < -0.4 is 9.75 Å². The van der Waals surface area contributed by atoms with Crippen LogP contribution in [0.3, 0.4) is 0 Å². The smallest absolute Gasteiger partial charge is 0.328 e. The second-order valence-corrected chi connectivity index (χ2v) is 9.85. The quantitative estimate of drug-likeness (QED) is 0.528. The van der Waals surface area contributed by atoms with Crippen LogP contribution in [0.2, 0.25) is 0 Å². The van der Waals surface area contributed by atoms with E-state index in [0.717, 1.165) is 30.0 Å². The summed E-state index contributed by atoms with van der Waals surface area (Å²) in [6, 6.07) is 12.5. The highest BCUT2D eigenvalue weighted by Crippen LogP contribution is 2.35. The number of rotatable bonds is 7. The molecule has 2 aliphatic rings. The van der Waals surface area contributed by atoms with Crippen molar-refractivity contribution in [2.24, 2.45) is 11.0 Å². The summed E-state index contributed by atoms with van der Waals surface area (Å²) in [7, 11) is 4.08. The Bertz CT molecular complexity index is 1230. The Hall–Kier alpha value is -3.98. The zero-order valence-corrected chi connectivity index (χ0v) is 22.5. The lowest BCUT2D eigenvalue weighted by Crippen LogP contribution is -2.39. The summed E-state index contributed by atoms with van der Waals surface area (Å²) >= 11 is 0. The first-order valence-electron chi connectivity index (χ1n) is 12.5. The number of hydrogen-bond acceptors (Lipinski definition) is 6. The SMILES string of the molecule is Cc1cc2c(cc1C)C1=NN(c3ccc(OCC(C)N(C)C)cc3)C(=O)CC1CC2.O=C(O)C=CC(=O)O. The van der Waals surface area contributed by atoms with Gasteiger partial charge in [-0.05, 0) is 94.7 Å². The van der Waals surface area contributed by atoms with Crippen molar-refractivity contribution in [3.8, 4) is 5.75 Å². The van der Waals surface area contributed by atoms with E-state index in [1.54, 1.807) is 5.01 Å². The Morgan fingerprint density at radius 1 is 1.11 bits per heavy atom. The van der Waals surface area contributed by atoms with Crippen molar-refractivity contribution in [3.05, 3.63) is 70.8 Å². The molecule has 2 aromatic rings. The average Bonchev–Trinajstić information content (AvgIpc) is 2.87. The fourth-order valence-electron chi connectivity index (χ4n) is 4.20. The molecule has 4 rings (SSSR count). The molecule has 0 fully saturated rings. The Labute approximate surface area is 223 Å². The summed E-state index contributed by atoms with van der Waals surface area (Å²) in [6.45, 7) is 7.04. The van der Waals surface area contributed by atoms with Gasteiger partial charge in [-0.1, -0.05) is 6.07 Å². The van der Waals surface area contributed by atoms with E-state index in [9.17, 15) is 14.4 Å². The number of carbonyl (C=O) groups is 3. The largest absolute Gasteiger partial charge is 0.492 e. The minimum absolute atomic E-state index is 0.0610. The highest BCUT2D eigenvalue weighted by molar-refractivity contribution is 6.11. The number of aliphatic carboxylic acids is 2. The zero-order chi connectivity index (χ0) is 28.0. The number of ether oxygens (including phenoxy) is 1. The third-order valence-corrected chi connectivity index (χ3v) is 6.83. The van der Waals surface area contributed by atoms with E-state index in [2.05, 4.69) is 37.8 Å². The summed E-state index contributed by atoms with van der Waals surface area (Å²) in [5, 5.41) is 22.0. The summed E-state index contributed by atoms with van der Waals surface area (Å²) in [6.07, 6.45) is 3.64. The molecule has 1 heterocycles. The summed E-state index contributed by atoms with van der Waals surface area (Å²) in [5.74, 6) is -1.43. The van der Waals surface area contributed by atoms with Gasteiger partial charge in [0.15, 0.2) is 0 Å². The van der Waals surface area contributed by atoms with Crippen molar-refractivity contribution in [1.82, 2.24) is 4.90 Å². The number of benzene rings is 2. The number of carbonyl (C=O) groups excluding carboxylic acids is 1. The molecular weight excluding hydrogens is 486 g/mol. The number of likely N-dealkylation sites (N-methyl/N-ethyl adjacent to an activating group) is 1. The number of hydrazone groups is 1. The lowest BCUT2D eigenvalue weighted by atomic mass is 9.78. The molecule has 2 N–H and O–H groups in total. The summed E-state index contributed by atoms with van der Waals surface area (Å²) in [5.41, 5.74) is 6.99. The average molecular weight is 522 g/mol. The monoisotopic (exact) mass is 521 g/mol. The van der Waals surface area contributed by atoms with Gasteiger partial charge in [0.05, 0.1) is 11.4 Å². The Morgan fingerprint density at radius 3 is 2.29 bits per heavy atom. The van der Waals surface area contributed by atoms with Gasteiger partial charge in [0.2, 0.25) is 5.91 Å². The van der Waals surface area contributed by atoms with Crippen molar-refractivity contribution >= 4 is 29.2 Å². The zero-order valence-electron chi connectivity index (χ0n) is 22.5. The summed E-state index contributed by atoms with van der Waals surface area (Å²) in [4.78, 5) is 34.1. The highest BCUT2D eigenvalue weighted by atomic mass is 16.5. The van der Waals surface area contributed by atoms with Crippen molar-refractivity contribution in [2.75, 3.05) is 25.7 Å². The van der Waals surface area contributed by atoms with Crippen LogP contribution in [0.5, 0.6) is 5.75 Å². The maximum absolute atomic E-state index is 12.8. The van der Waals surface area contributed by atoms with Crippen molar-refractivity contribution in [1.29, 1.82) is 0 Å². The van der Waals surface area contributed by atoms with Crippen LogP contribution in [0, 0.1) is 19.8 Å². The number of carboxylic acid groups (broad SMARTS) is 2. The van der Waals surface area contributed by atoms with Crippen LogP contribution in [0.1, 0.15) is 42.0 Å². The Morgan fingerprint density at radius 2 is 1.71 bits per heavy atom. The van der Waals surface area contributed by atoms with Crippen molar-refractivity contribution < 1.29 is 29.3 Å². The maximum Gasteiger partial charge on any atom is 0.328 e. The maximum atomic E-state index is 12.8. The molecule has 0 saturated carbocycles. The molecule has 202 valence electrons. The second kappa shape index (κ2) is 12.5. The van der Waals surface area contributed by atoms with Gasteiger partial charge in [-0.25, -0.2) is 14.6 Å². The minimum atomic E-state index is -1.26. The topological polar surface area (TPSA) is 120 Å². The molecule has 9 heteroatoms. The van der Waals surface area contributed by atoms with Gasteiger partial charge in [-0.15, -0.1) is 0 Å². The van der Waals surface area contributed by atoms with Gasteiger partial charge in [-0.3, -0.25) is 4.79 Å². The first kappa shape index (κ1) is 28.6. The lowest BCUT2D eigenvalue weighted by Gasteiger charge is -2.33. The fraction of sp³-hybridized carbons (Fsp3) is 0.379. The molecule has 0 bridgehead atoms. The Balaban J connectivity index is 0.000000436. The number of aryl methyl sites for hydroxylation is 3. The number of nitrogens with zero attached hydrogens (tertiary/aromatic N) is 3. The molecule has 2 atom stereocenters. The molecule has 1 aliphatic heterocycles. The number of amides is 1. The molecule has 0 aromatic heterocycles. The first-order valence-corrected chi connectivity index (χ1v) is 12.5. The van der Waals surface area contributed by atoms with Crippen LogP contribution in [-0.2, 0) is 20.8 Å². The first-order chi connectivity index (χ1) is 18.0. The lowest BCUT2D eigenvalue weighted by molar-refractivity contribution is -0.134. The number of fused-ring (bicyclic) bond motifs is 3. The molecule has 2 unspecified atom stereocenters. The number of anilines is 1. The Kier molecular flexibility index (Phi) is 9.41. The van der Waals surface area contributed by atoms with Crippen molar-refractivity contribution in [2.45, 2.75) is 46.1 Å². The molecule has 38 heavy (non-hydrogen) atoms. The minimum Gasteiger partial charge on any atom is -0.492 e. The molecule has 0 saturated heterocycles. The third kappa shape index (κ3) is 7.29. The molecule has 0 spiro atoms. The highest BCUT2D eigenvalue weighted by Gasteiger charge is 2.34. The van der Waals surface area contributed by atoms with Crippen LogP contribution in [0.4, 0.5) is 5.69 Å². The van der Waals surface area contributed by atoms with E-state index in [-0.39, 0.29) is 11.8 Å². The van der Waals surface area contributed by atoms with E-state index in [0.29, 0.717) is 31.2 Å². The predicted molar refractivity (Wildman–Crippen MR) is 146 cm³/mol. The molecule has 2 aromatic carbocycles. The van der Waals surface area contributed by atoms with E-state index in [4.69, 9.17) is 20.1 Å². The van der Waals surface area contributed by atoms with Crippen molar-refractivity contribution in [3.63, 3.8) is 0 Å². The van der Waals surface area contributed by atoms with Crippen LogP contribution in [0.25, 0.3) is 0 Å². The van der Waals surface area contributed by atoms with Crippen LogP contribution in [-0.4, -0.2) is 65.4 Å². The van der Waals surface area contributed by atoms with Gasteiger partial charge >= 0.3 is 11.9 Å². The van der Waals surface area contributed by atoms with E-state index in [1.807, 2.05) is 38.4 Å². The van der Waals surface area contributed by atoms with Crippen LogP contribution >= 0.6 is 0 Å². The van der Waals surface area contributed by atoms with Gasteiger partial charge < -0.3 is 19.8 Å². The van der Waals surface area contributed by atoms with E-state index in [1.165, 1.54) is 22.3 Å². The second-order valence-electron chi connectivity index (χ2n) is 9.85. The van der Waals surface area contributed by atoms with Gasteiger partial charge in [0.25, 0.3) is 0 Å². The van der Waals surface area contributed by atoms with Gasteiger partial charge in [0, 0.05) is 36.1 Å². The predicted octanol–water partition coefficient (Wildman–Crippen LogP) is 4.05. The molecular formula is C29H35N3O6. The normalized spacial score (nSPS) is 17.2. The van der Waals surface area contributed by atoms with E-state index < -0.39 is 11.9 Å². The van der Waals surface area contributed by atoms with Crippen LogP contribution in [0.15, 0.2) is 53.7 Å². The molecule has 0 radical (unpaired) electrons. The number of hydrogen-bond donors (Lipinski definition) is 2. The molecule has 1 aliphatic carbocycles. The van der Waals surface area contributed by atoms with Gasteiger partial charge in [-0.2, -0.15) is 5.10 Å². The van der Waals surface area contributed by atoms with E-state index >= 15 is 0 Å². The molecule has 1 amide bonds. The third-order valence-electron chi connectivity index (χ3n) is 6.83. The fourth-order valence-corrected chi connectivity index (χ4v) is 4.20. The number of carboxylic acids is 2. The summed E-state index contributed by atoms with van der Waals surface area (Å²) < 4.78 is 5.87. The standard InChI is InChI=1S/C25H31N3O2.C4H4O4/c1-16-12-19-6-7-20-14-24(29)28(26-25(20)23(19)13-17(16)2)21-8-10-22(11-9-21)30-15-18(3)27(4)5;5-3(6)1-2-4(7)8/h8-13,18,20H,6-7,14-15H2,1-5H3;1-2H,(H,5,6)(H,7,8).